The van der Waals surface area contributed by atoms with Gasteiger partial charge in [0.1, 0.15) is 11.9 Å². The van der Waals surface area contributed by atoms with Crippen LogP contribution >= 0.6 is 0 Å². The Morgan fingerprint density at radius 2 is 1.38 bits per heavy atom. The number of rotatable bonds is 4. The SMILES string of the molecule is CCN1CCOC(N2CC(C)OC(C)C2)C1(CC)N1CC(C)OC(C)C1. The molecule has 0 bridgehead atoms. The topological polar surface area (TPSA) is 37.4 Å². The van der Waals surface area contributed by atoms with Crippen molar-refractivity contribution in [3.63, 3.8) is 0 Å². The molecule has 0 amide bonds. The molecule has 3 saturated heterocycles. The molecule has 6 atom stereocenters. The summed E-state index contributed by atoms with van der Waals surface area (Å²) in [6.07, 6.45) is 2.13. The van der Waals surface area contributed by atoms with Crippen LogP contribution in [0, 0.1) is 0 Å². The van der Waals surface area contributed by atoms with Crippen molar-refractivity contribution >= 4 is 0 Å². The summed E-state index contributed by atoms with van der Waals surface area (Å²) in [4.78, 5) is 7.84. The summed E-state index contributed by atoms with van der Waals surface area (Å²) in [5.74, 6) is 0. The van der Waals surface area contributed by atoms with Gasteiger partial charge in [0, 0.05) is 32.7 Å². The first-order valence-corrected chi connectivity index (χ1v) is 10.6. The van der Waals surface area contributed by atoms with Crippen LogP contribution in [0.15, 0.2) is 0 Å². The number of hydrogen-bond acceptors (Lipinski definition) is 6. The lowest BCUT2D eigenvalue weighted by molar-refractivity contribution is -0.277. The van der Waals surface area contributed by atoms with Gasteiger partial charge in [-0.15, -0.1) is 0 Å². The molecule has 6 unspecified atom stereocenters. The van der Waals surface area contributed by atoms with Gasteiger partial charge in [-0.2, -0.15) is 0 Å². The summed E-state index contributed by atoms with van der Waals surface area (Å²) in [6.45, 7) is 20.0. The van der Waals surface area contributed by atoms with E-state index in [9.17, 15) is 0 Å². The zero-order valence-electron chi connectivity index (χ0n) is 17.6. The lowest BCUT2D eigenvalue weighted by Crippen LogP contribution is -2.77. The monoisotopic (exact) mass is 369 g/mol. The Bertz CT molecular complexity index is 446. The largest absolute Gasteiger partial charge is 0.373 e. The highest BCUT2D eigenvalue weighted by Gasteiger charge is 2.54. The van der Waals surface area contributed by atoms with Crippen molar-refractivity contribution in [2.45, 2.75) is 84.3 Å². The predicted molar refractivity (Wildman–Crippen MR) is 103 cm³/mol. The van der Waals surface area contributed by atoms with Crippen molar-refractivity contribution in [1.82, 2.24) is 14.7 Å². The minimum atomic E-state index is -0.101. The zero-order valence-corrected chi connectivity index (χ0v) is 17.6. The quantitative estimate of drug-likeness (QED) is 0.754. The van der Waals surface area contributed by atoms with Crippen LogP contribution < -0.4 is 0 Å². The standard InChI is InChI=1S/C20H39N3O3/c1-7-20(23-13-17(5)26-18(6)14-23)19(24-10-9-22(20)8-2)21-11-15(3)25-16(4)12-21/h15-19H,7-14H2,1-6H3. The summed E-state index contributed by atoms with van der Waals surface area (Å²) in [6, 6.07) is 0. The van der Waals surface area contributed by atoms with Crippen LogP contribution in [0.3, 0.4) is 0 Å². The molecule has 26 heavy (non-hydrogen) atoms. The summed E-state index contributed by atoms with van der Waals surface area (Å²) >= 11 is 0. The number of morpholine rings is 3. The maximum Gasteiger partial charge on any atom is 0.143 e. The van der Waals surface area contributed by atoms with E-state index in [0.29, 0.717) is 0 Å². The highest BCUT2D eigenvalue weighted by molar-refractivity contribution is 5.01. The lowest BCUT2D eigenvalue weighted by atomic mass is 9.94. The fourth-order valence-electron chi connectivity index (χ4n) is 5.47. The first-order chi connectivity index (χ1) is 12.4. The average Bonchev–Trinajstić information content (AvgIpc) is 2.59. The van der Waals surface area contributed by atoms with Gasteiger partial charge in [0.15, 0.2) is 0 Å². The van der Waals surface area contributed by atoms with Gasteiger partial charge in [-0.05, 0) is 40.7 Å². The highest BCUT2D eigenvalue weighted by atomic mass is 16.5. The Morgan fingerprint density at radius 3 is 1.88 bits per heavy atom. The summed E-state index contributed by atoms with van der Waals surface area (Å²) in [5, 5.41) is 0. The van der Waals surface area contributed by atoms with Gasteiger partial charge >= 0.3 is 0 Å². The zero-order chi connectivity index (χ0) is 18.9. The second-order valence-corrected chi connectivity index (χ2v) is 8.41. The first kappa shape index (κ1) is 20.5. The third kappa shape index (κ3) is 3.82. The maximum absolute atomic E-state index is 6.52. The minimum Gasteiger partial charge on any atom is -0.373 e. The van der Waals surface area contributed by atoms with Crippen LogP contribution in [0.2, 0.25) is 0 Å². The van der Waals surface area contributed by atoms with Crippen molar-refractivity contribution in [3.05, 3.63) is 0 Å². The molecule has 0 saturated carbocycles. The molecule has 0 aromatic heterocycles. The van der Waals surface area contributed by atoms with Gasteiger partial charge in [0.05, 0.1) is 31.0 Å². The van der Waals surface area contributed by atoms with Gasteiger partial charge in [-0.3, -0.25) is 14.7 Å². The Labute approximate surface area is 159 Å². The summed E-state index contributed by atoms with van der Waals surface area (Å²) in [5.41, 5.74) is -0.101. The number of hydrogen-bond donors (Lipinski definition) is 0. The van der Waals surface area contributed by atoms with Gasteiger partial charge in [0.25, 0.3) is 0 Å². The molecule has 0 aromatic carbocycles. The van der Waals surface area contributed by atoms with E-state index >= 15 is 0 Å². The third-order valence-corrected chi connectivity index (χ3v) is 6.23. The normalized spacial score (nSPS) is 44.3. The van der Waals surface area contributed by atoms with Gasteiger partial charge in [-0.25, -0.2) is 0 Å². The van der Waals surface area contributed by atoms with Crippen molar-refractivity contribution in [2.24, 2.45) is 0 Å². The Kier molecular flexibility index (Phi) is 6.63. The van der Waals surface area contributed by atoms with Gasteiger partial charge in [0.2, 0.25) is 0 Å². The fraction of sp³-hybridized carbons (Fsp3) is 1.00. The molecule has 0 spiro atoms. The molecule has 6 nitrogen and oxygen atoms in total. The van der Waals surface area contributed by atoms with Crippen LogP contribution in [0.4, 0.5) is 0 Å². The molecular formula is C20H39N3O3. The van der Waals surface area contributed by atoms with Crippen molar-refractivity contribution in [3.8, 4) is 0 Å². The molecule has 0 N–H and O–H groups in total. The highest BCUT2D eigenvalue weighted by Crippen LogP contribution is 2.38. The fourth-order valence-corrected chi connectivity index (χ4v) is 5.47. The molecule has 0 aliphatic carbocycles. The van der Waals surface area contributed by atoms with E-state index in [1.165, 1.54) is 0 Å². The van der Waals surface area contributed by atoms with Gasteiger partial charge in [-0.1, -0.05) is 13.8 Å². The third-order valence-electron chi connectivity index (χ3n) is 6.23. The van der Waals surface area contributed by atoms with Gasteiger partial charge < -0.3 is 14.2 Å². The molecule has 3 heterocycles. The number of nitrogens with zero attached hydrogens (tertiary/aromatic N) is 3. The van der Waals surface area contributed by atoms with Crippen LogP contribution in [0.25, 0.3) is 0 Å². The molecule has 3 aliphatic heterocycles. The van der Waals surface area contributed by atoms with Crippen molar-refractivity contribution in [1.29, 1.82) is 0 Å². The van der Waals surface area contributed by atoms with E-state index in [-0.39, 0.29) is 36.3 Å². The molecule has 3 fully saturated rings. The molecule has 6 heteroatoms. The molecule has 0 aromatic rings. The Morgan fingerprint density at radius 1 is 0.846 bits per heavy atom. The number of likely N-dealkylation sites (N-methyl/N-ethyl adjacent to an activating group) is 1. The second-order valence-electron chi connectivity index (χ2n) is 8.41. The summed E-state index contributed by atoms with van der Waals surface area (Å²) < 4.78 is 18.6. The van der Waals surface area contributed by atoms with E-state index in [0.717, 1.165) is 52.3 Å². The van der Waals surface area contributed by atoms with Crippen molar-refractivity contribution in [2.75, 3.05) is 45.9 Å². The van der Waals surface area contributed by atoms with Crippen LogP contribution in [0.1, 0.15) is 48.0 Å². The Balaban J connectivity index is 1.94. The van der Waals surface area contributed by atoms with Crippen LogP contribution in [-0.2, 0) is 14.2 Å². The number of ether oxygens (including phenoxy) is 3. The maximum atomic E-state index is 6.52. The Hall–Kier alpha value is -0.240. The molecule has 3 rings (SSSR count). The second kappa shape index (κ2) is 8.41. The minimum absolute atomic E-state index is 0.0764. The molecule has 3 aliphatic rings. The van der Waals surface area contributed by atoms with Crippen LogP contribution in [0.5, 0.6) is 0 Å². The molecule has 152 valence electrons. The summed E-state index contributed by atoms with van der Waals surface area (Å²) in [7, 11) is 0. The lowest BCUT2D eigenvalue weighted by Gasteiger charge is -2.61. The molecule has 0 radical (unpaired) electrons. The smallest absolute Gasteiger partial charge is 0.143 e. The van der Waals surface area contributed by atoms with E-state index in [1.54, 1.807) is 0 Å². The van der Waals surface area contributed by atoms with E-state index in [2.05, 4.69) is 56.2 Å². The van der Waals surface area contributed by atoms with E-state index < -0.39 is 0 Å². The van der Waals surface area contributed by atoms with Crippen LogP contribution in [-0.4, -0.2) is 96.9 Å². The predicted octanol–water partition coefficient (Wildman–Crippen LogP) is 1.99. The first-order valence-electron chi connectivity index (χ1n) is 10.6. The molecular weight excluding hydrogens is 330 g/mol. The van der Waals surface area contributed by atoms with E-state index in [1.807, 2.05) is 0 Å². The average molecular weight is 370 g/mol. The van der Waals surface area contributed by atoms with E-state index in [4.69, 9.17) is 14.2 Å². The van der Waals surface area contributed by atoms with Crippen molar-refractivity contribution < 1.29 is 14.2 Å².